The number of hydrogen-bond donors (Lipinski definition) is 0. The van der Waals surface area contributed by atoms with Gasteiger partial charge in [-0.25, -0.2) is 0 Å². The molecule has 104 valence electrons. The molecular formula is C15H12N4OS. The Morgan fingerprint density at radius 1 is 1.19 bits per heavy atom. The quantitative estimate of drug-likeness (QED) is 0.646. The first kappa shape index (κ1) is 13.5. The van der Waals surface area contributed by atoms with Crippen molar-refractivity contribution in [2.24, 2.45) is 10.2 Å². The molecule has 0 bridgehead atoms. The number of nitrogens with zero attached hydrogens (tertiary/aromatic N) is 4. The van der Waals surface area contributed by atoms with Crippen molar-refractivity contribution < 1.29 is 4.79 Å². The number of anilines is 1. The fourth-order valence-electron chi connectivity index (χ4n) is 1.86. The smallest absolute Gasteiger partial charge is 0.243 e. The summed E-state index contributed by atoms with van der Waals surface area (Å²) in [5.74, 6) is 0.400. The summed E-state index contributed by atoms with van der Waals surface area (Å²) in [6.07, 6.45) is 5.02. The zero-order chi connectivity index (χ0) is 14.5. The Bertz CT molecular complexity index is 685. The predicted octanol–water partition coefficient (Wildman–Crippen LogP) is 2.55. The first-order valence-electron chi connectivity index (χ1n) is 6.36. The van der Waals surface area contributed by atoms with Gasteiger partial charge in [-0.15, -0.1) is 5.10 Å². The summed E-state index contributed by atoms with van der Waals surface area (Å²) in [5, 5.41) is 8.78. The maximum absolute atomic E-state index is 12.0. The first-order chi connectivity index (χ1) is 10.3. The van der Waals surface area contributed by atoms with E-state index in [9.17, 15) is 4.79 Å². The third-order valence-electron chi connectivity index (χ3n) is 2.81. The second-order valence-corrected chi connectivity index (χ2v) is 5.21. The third kappa shape index (κ3) is 3.17. The van der Waals surface area contributed by atoms with Crippen LogP contribution in [0.2, 0.25) is 0 Å². The molecule has 0 saturated carbocycles. The maximum atomic E-state index is 12.0. The number of thioether (sulfide) groups is 1. The Balaban J connectivity index is 1.82. The van der Waals surface area contributed by atoms with E-state index in [1.54, 1.807) is 23.5 Å². The van der Waals surface area contributed by atoms with Crippen LogP contribution in [0.15, 0.2) is 65.1 Å². The van der Waals surface area contributed by atoms with Gasteiger partial charge < -0.3 is 0 Å². The van der Waals surface area contributed by atoms with E-state index in [4.69, 9.17) is 0 Å². The minimum Gasteiger partial charge on any atom is -0.273 e. The number of pyridine rings is 1. The van der Waals surface area contributed by atoms with Crippen LogP contribution in [0.4, 0.5) is 5.69 Å². The van der Waals surface area contributed by atoms with Gasteiger partial charge in [0.2, 0.25) is 5.91 Å². The summed E-state index contributed by atoms with van der Waals surface area (Å²) in [5.41, 5.74) is 1.67. The average Bonchev–Trinajstić information content (AvgIpc) is 2.90. The largest absolute Gasteiger partial charge is 0.273 e. The van der Waals surface area contributed by atoms with Crippen molar-refractivity contribution in [2.45, 2.75) is 0 Å². The molecule has 1 aliphatic heterocycles. The summed E-state index contributed by atoms with van der Waals surface area (Å²) in [6.45, 7) is 0. The normalized spacial score (nSPS) is 17.0. The van der Waals surface area contributed by atoms with Crippen LogP contribution < -0.4 is 4.90 Å². The van der Waals surface area contributed by atoms with E-state index in [1.165, 1.54) is 11.8 Å². The van der Waals surface area contributed by atoms with Crippen molar-refractivity contribution in [1.82, 2.24) is 4.98 Å². The summed E-state index contributed by atoms with van der Waals surface area (Å²) in [4.78, 5) is 17.6. The lowest BCUT2D eigenvalue weighted by atomic mass is 10.3. The van der Waals surface area contributed by atoms with Gasteiger partial charge in [0, 0.05) is 18.0 Å². The highest BCUT2D eigenvalue weighted by Crippen LogP contribution is 2.26. The molecule has 1 amide bonds. The van der Waals surface area contributed by atoms with E-state index in [2.05, 4.69) is 15.2 Å². The van der Waals surface area contributed by atoms with Crippen molar-refractivity contribution in [3.63, 3.8) is 0 Å². The van der Waals surface area contributed by atoms with E-state index < -0.39 is 0 Å². The lowest BCUT2D eigenvalue weighted by molar-refractivity contribution is -0.115. The Labute approximate surface area is 126 Å². The number of amidine groups is 1. The molecule has 2 aromatic rings. The Morgan fingerprint density at radius 3 is 2.81 bits per heavy atom. The number of rotatable bonds is 3. The minimum atomic E-state index is 0.0153. The molecule has 3 rings (SSSR count). The van der Waals surface area contributed by atoms with Gasteiger partial charge in [0.1, 0.15) is 0 Å². The molecule has 1 aliphatic rings. The summed E-state index contributed by atoms with van der Waals surface area (Å²) in [6, 6.07) is 13.2. The highest BCUT2D eigenvalue weighted by atomic mass is 32.2. The Hall–Kier alpha value is -2.47. The fourth-order valence-corrected chi connectivity index (χ4v) is 2.69. The molecule has 2 heterocycles. The van der Waals surface area contributed by atoms with Gasteiger partial charge >= 0.3 is 0 Å². The van der Waals surface area contributed by atoms with Crippen LogP contribution in [0.3, 0.4) is 0 Å². The number of para-hydroxylation sites is 1. The topological polar surface area (TPSA) is 57.9 Å². The molecule has 0 spiro atoms. The van der Waals surface area contributed by atoms with Crippen LogP contribution in [0.5, 0.6) is 0 Å². The molecular weight excluding hydrogens is 284 g/mol. The first-order valence-corrected chi connectivity index (χ1v) is 7.35. The lowest BCUT2D eigenvalue weighted by Crippen LogP contribution is -2.28. The van der Waals surface area contributed by atoms with Crippen molar-refractivity contribution in [3.8, 4) is 0 Å². The number of amides is 1. The number of carbonyl (C=O) groups excluding carboxylic acids is 1. The summed E-state index contributed by atoms with van der Waals surface area (Å²) >= 11 is 1.39. The van der Waals surface area contributed by atoms with Crippen molar-refractivity contribution in [3.05, 3.63) is 60.4 Å². The fraction of sp³-hybridized carbons (Fsp3) is 0.0667. The van der Waals surface area contributed by atoms with Gasteiger partial charge in [0.15, 0.2) is 5.17 Å². The van der Waals surface area contributed by atoms with Crippen LogP contribution in [-0.4, -0.2) is 28.0 Å². The molecule has 0 aliphatic carbocycles. The molecule has 1 aromatic carbocycles. The zero-order valence-corrected chi connectivity index (χ0v) is 11.9. The Morgan fingerprint density at radius 2 is 2.05 bits per heavy atom. The lowest BCUT2D eigenvalue weighted by Gasteiger charge is -2.14. The SMILES string of the molecule is O=C1CS/C(=N/N=C/c2cccnc2)N1c1ccccc1. The van der Waals surface area contributed by atoms with Crippen LogP contribution in [-0.2, 0) is 4.79 Å². The zero-order valence-electron chi connectivity index (χ0n) is 11.1. The Kier molecular flexibility index (Phi) is 4.07. The van der Waals surface area contributed by atoms with Crippen LogP contribution in [0.1, 0.15) is 5.56 Å². The maximum Gasteiger partial charge on any atom is 0.243 e. The molecule has 6 heteroatoms. The monoisotopic (exact) mass is 296 g/mol. The van der Waals surface area contributed by atoms with Gasteiger partial charge in [-0.3, -0.25) is 14.7 Å². The predicted molar refractivity (Wildman–Crippen MR) is 85.7 cm³/mol. The van der Waals surface area contributed by atoms with Gasteiger partial charge in [-0.2, -0.15) is 5.10 Å². The standard InChI is InChI=1S/C15H12N4OS/c20-14-11-21-15(19(14)13-6-2-1-3-7-13)18-17-10-12-5-4-8-16-9-12/h1-10H,11H2/b17-10+,18-15+. The van der Waals surface area contributed by atoms with Crippen molar-refractivity contribution in [2.75, 3.05) is 10.7 Å². The number of aromatic nitrogens is 1. The molecule has 0 radical (unpaired) electrons. The number of hydrogen-bond acceptors (Lipinski definition) is 5. The second kappa shape index (κ2) is 6.32. The highest BCUT2D eigenvalue weighted by Gasteiger charge is 2.29. The van der Waals surface area contributed by atoms with Gasteiger partial charge in [0.05, 0.1) is 17.7 Å². The van der Waals surface area contributed by atoms with Crippen LogP contribution in [0, 0.1) is 0 Å². The molecule has 1 fully saturated rings. The highest BCUT2D eigenvalue weighted by molar-refractivity contribution is 8.15. The van der Waals surface area contributed by atoms with E-state index in [-0.39, 0.29) is 5.91 Å². The second-order valence-electron chi connectivity index (χ2n) is 4.27. The number of carbonyl (C=O) groups is 1. The average molecular weight is 296 g/mol. The van der Waals surface area contributed by atoms with Crippen LogP contribution in [0.25, 0.3) is 0 Å². The van der Waals surface area contributed by atoms with Gasteiger partial charge in [-0.05, 0) is 18.2 Å². The molecule has 0 N–H and O–H groups in total. The van der Waals surface area contributed by atoms with Gasteiger partial charge in [-0.1, -0.05) is 36.0 Å². The van der Waals surface area contributed by atoms with E-state index in [1.807, 2.05) is 42.5 Å². The third-order valence-corrected chi connectivity index (χ3v) is 3.73. The number of benzene rings is 1. The van der Waals surface area contributed by atoms with Gasteiger partial charge in [0.25, 0.3) is 0 Å². The summed E-state index contributed by atoms with van der Waals surface area (Å²) < 4.78 is 0. The molecule has 1 aromatic heterocycles. The van der Waals surface area contributed by atoms with Crippen molar-refractivity contribution in [1.29, 1.82) is 0 Å². The molecule has 21 heavy (non-hydrogen) atoms. The van der Waals surface area contributed by atoms with Crippen LogP contribution >= 0.6 is 11.8 Å². The van der Waals surface area contributed by atoms with E-state index in [0.29, 0.717) is 10.9 Å². The van der Waals surface area contributed by atoms with Crippen molar-refractivity contribution >= 4 is 34.7 Å². The molecule has 0 atom stereocenters. The van der Waals surface area contributed by atoms with E-state index in [0.717, 1.165) is 11.3 Å². The summed E-state index contributed by atoms with van der Waals surface area (Å²) in [7, 11) is 0. The van der Waals surface area contributed by atoms with E-state index >= 15 is 0 Å². The molecule has 0 unspecified atom stereocenters. The molecule has 1 saturated heterocycles. The molecule has 5 nitrogen and oxygen atoms in total. The minimum absolute atomic E-state index is 0.0153.